The molecule has 0 amide bonds. The fraction of sp³-hybridized carbons (Fsp3) is 0.250. The van der Waals surface area contributed by atoms with Crippen molar-refractivity contribution in [1.29, 1.82) is 0 Å². The standard InChI is InChI=1S/C16H17Cl2N/c1-12(7-8-13-5-3-2-4-6-13)19-16-11-14(17)9-10-15(16)18/h2-6,9-12,19H,7-8H2,1H3. The number of anilines is 1. The summed E-state index contributed by atoms with van der Waals surface area (Å²) in [7, 11) is 0. The zero-order chi connectivity index (χ0) is 13.7. The van der Waals surface area contributed by atoms with E-state index in [0.717, 1.165) is 18.5 Å². The van der Waals surface area contributed by atoms with Gasteiger partial charge in [-0.05, 0) is 43.5 Å². The van der Waals surface area contributed by atoms with Crippen LogP contribution in [-0.4, -0.2) is 6.04 Å². The molecule has 1 unspecified atom stereocenters. The van der Waals surface area contributed by atoms with Gasteiger partial charge in [0.2, 0.25) is 0 Å². The summed E-state index contributed by atoms with van der Waals surface area (Å²) in [5.74, 6) is 0. The van der Waals surface area contributed by atoms with Crippen molar-refractivity contribution in [2.24, 2.45) is 0 Å². The summed E-state index contributed by atoms with van der Waals surface area (Å²) >= 11 is 12.1. The quantitative estimate of drug-likeness (QED) is 0.775. The fourth-order valence-corrected chi connectivity index (χ4v) is 2.32. The Bertz CT molecular complexity index is 526. The number of nitrogens with one attached hydrogen (secondary N) is 1. The molecule has 1 nitrogen and oxygen atoms in total. The van der Waals surface area contributed by atoms with Crippen molar-refractivity contribution in [2.75, 3.05) is 5.32 Å². The zero-order valence-electron chi connectivity index (χ0n) is 10.9. The van der Waals surface area contributed by atoms with E-state index in [0.29, 0.717) is 16.1 Å². The predicted octanol–water partition coefficient (Wildman–Crippen LogP) is 5.43. The van der Waals surface area contributed by atoms with Crippen LogP contribution in [-0.2, 0) is 6.42 Å². The second-order valence-electron chi connectivity index (χ2n) is 4.69. The molecule has 0 aliphatic rings. The van der Waals surface area contributed by atoms with E-state index in [4.69, 9.17) is 23.2 Å². The first-order valence-corrected chi connectivity index (χ1v) is 7.16. The van der Waals surface area contributed by atoms with E-state index in [1.807, 2.05) is 18.2 Å². The second-order valence-corrected chi connectivity index (χ2v) is 5.54. The maximum absolute atomic E-state index is 6.14. The minimum absolute atomic E-state index is 0.344. The maximum Gasteiger partial charge on any atom is 0.0638 e. The lowest BCUT2D eigenvalue weighted by molar-refractivity contribution is 0.706. The molecule has 0 aliphatic heterocycles. The van der Waals surface area contributed by atoms with Gasteiger partial charge in [0, 0.05) is 11.1 Å². The lowest BCUT2D eigenvalue weighted by Gasteiger charge is -2.16. The summed E-state index contributed by atoms with van der Waals surface area (Å²) in [5.41, 5.74) is 2.25. The lowest BCUT2D eigenvalue weighted by Crippen LogP contribution is -2.16. The van der Waals surface area contributed by atoms with Crippen LogP contribution < -0.4 is 5.32 Å². The third-order valence-corrected chi connectivity index (χ3v) is 3.60. The van der Waals surface area contributed by atoms with Crippen molar-refractivity contribution in [2.45, 2.75) is 25.8 Å². The average molecular weight is 294 g/mol. The molecule has 0 aliphatic carbocycles. The monoisotopic (exact) mass is 293 g/mol. The summed E-state index contributed by atoms with van der Waals surface area (Å²) in [5, 5.41) is 4.81. The molecule has 0 heterocycles. The van der Waals surface area contributed by atoms with Gasteiger partial charge >= 0.3 is 0 Å². The largest absolute Gasteiger partial charge is 0.381 e. The van der Waals surface area contributed by atoms with Gasteiger partial charge in [-0.25, -0.2) is 0 Å². The molecule has 0 spiro atoms. The van der Waals surface area contributed by atoms with Gasteiger partial charge in [-0.2, -0.15) is 0 Å². The second kappa shape index (κ2) is 6.83. The molecule has 3 heteroatoms. The van der Waals surface area contributed by atoms with Crippen molar-refractivity contribution < 1.29 is 0 Å². The topological polar surface area (TPSA) is 12.0 Å². The van der Waals surface area contributed by atoms with E-state index in [9.17, 15) is 0 Å². The summed E-state index contributed by atoms with van der Waals surface area (Å²) < 4.78 is 0. The molecule has 0 bridgehead atoms. The fourth-order valence-electron chi connectivity index (χ4n) is 1.97. The molecule has 1 atom stereocenters. The number of hydrogen-bond donors (Lipinski definition) is 1. The molecule has 19 heavy (non-hydrogen) atoms. The average Bonchev–Trinajstić information content (AvgIpc) is 2.42. The molecular formula is C16H17Cl2N. The molecule has 0 saturated carbocycles. The normalized spacial score (nSPS) is 12.2. The molecule has 0 saturated heterocycles. The third kappa shape index (κ3) is 4.45. The van der Waals surface area contributed by atoms with Crippen LogP contribution in [0.1, 0.15) is 18.9 Å². The Kier molecular flexibility index (Phi) is 5.12. The van der Waals surface area contributed by atoms with Crippen LogP contribution in [0.4, 0.5) is 5.69 Å². The first-order valence-electron chi connectivity index (χ1n) is 6.40. The molecule has 2 aromatic carbocycles. The molecule has 0 fully saturated rings. The van der Waals surface area contributed by atoms with E-state index in [1.165, 1.54) is 5.56 Å². The molecule has 1 N–H and O–H groups in total. The van der Waals surface area contributed by atoms with Crippen LogP contribution in [0.5, 0.6) is 0 Å². The van der Waals surface area contributed by atoms with Crippen LogP contribution in [0.2, 0.25) is 10.0 Å². The Morgan fingerprint density at radius 3 is 2.53 bits per heavy atom. The SMILES string of the molecule is CC(CCc1ccccc1)Nc1cc(Cl)ccc1Cl. The number of hydrogen-bond acceptors (Lipinski definition) is 1. The first-order chi connectivity index (χ1) is 9.15. The Balaban J connectivity index is 1.90. The summed E-state index contributed by atoms with van der Waals surface area (Å²) in [4.78, 5) is 0. The van der Waals surface area contributed by atoms with Gasteiger partial charge in [0.25, 0.3) is 0 Å². The molecule has 2 rings (SSSR count). The predicted molar refractivity (Wildman–Crippen MR) is 84.3 cm³/mol. The summed E-state index contributed by atoms with van der Waals surface area (Å²) in [6.07, 6.45) is 2.10. The Labute approximate surface area is 124 Å². The Hall–Kier alpha value is -1.18. The van der Waals surface area contributed by atoms with Crippen molar-refractivity contribution >= 4 is 28.9 Å². The minimum Gasteiger partial charge on any atom is -0.381 e. The van der Waals surface area contributed by atoms with Crippen LogP contribution in [0.3, 0.4) is 0 Å². The number of halogens is 2. The Morgan fingerprint density at radius 1 is 1.05 bits per heavy atom. The van der Waals surface area contributed by atoms with E-state index in [-0.39, 0.29) is 0 Å². The van der Waals surface area contributed by atoms with Crippen molar-refractivity contribution in [3.8, 4) is 0 Å². The van der Waals surface area contributed by atoms with Crippen LogP contribution in [0.15, 0.2) is 48.5 Å². The molecule has 0 radical (unpaired) electrons. The highest BCUT2D eigenvalue weighted by atomic mass is 35.5. The van der Waals surface area contributed by atoms with Crippen molar-refractivity contribution in [3.05, 3.63) is 64.1 Å². The zero-order valence-corrected chi connectivity index (χ0v) is 12.4. The van der Waals surface area contributed by atoms with E-state index < -0.39 is 0 Å². The van der Waals surface area contributed by atoms with Gasteiger partial charge in [0.1, 0.15) is 0 Å². The summed E-state index contributed by atoms with van der Waals surface area (Å²) in [6, 6.07) is 16.3. The van der Waals surface area contributed by atoms with E-state index >= 15 is 0 Å². The third-order valence-electron chi connectivity index (χ3n) is 3.04. The Morgan fingerprint density at radius 2 is 1.79 bits per heavy atom. The van der Waals surface area contributed by atoms with Gasteiger partial charge in [0.05, 0.1) is 10.7 Å². The van der Waals surface area contributed by atoms with Gasteiger partial charge in [-0.15, -0.1) is 0 Å². The highest BCUT2D eigenvalue weighted by Gasteiger charge is 2.06. The van der Waals surface area contributed by atoms with Gasteiger partial charge in [-0.3, -0.25) is 0 Å². The highest BCUT2D eigenvalue weighted by molar-refractivity contribution is 6.35. The lowest BCUT2D eigenvalue weighted by atomic mass is 10.1. The van der Waals surface area contributed by atoms with E-state index in [2.05, 4.69) is 36.5 Å². The smallest absolute Gasteiger partial charge is 0.0638 e. The number of rotatable bonds is 5. The molecular weight excluding hydrogens is 277 g/mol. The van der Waals surface area contributed by atoms with Gasteiger partial charge in [0.15, 0.2) is 0 Å². The van der Waals surface area contributed by atoms with Gasteiger partial charge < -0.3 is 5.32 Å². The van der Waals surface area contributed by atoms with Crippen molar-refractivity contribution in [3.63, 3.8) is 0 Å². The van der Waals surface area contributed by atoms with Crippen LogP contribution in [0.25, 0.3) is 0 Å². The maximum atomic E-state index is 6.14. The minimum atomic E-state index is 0.344. The van der Waals surface area contributed by atoms with Crippen molar-refractivity contribution in [1.82, 2.24) is 0 Å². The summed E-state index contributed by atoms with van der Waals surface area (Å²) in [6.45, 7) is 2.15. The van der Waals surface area contributed by atoms with Crippen LogP contribution in [0, 0.1) is 0 Å². The molecule has 100 valence electrons. The first kappa shape index (κ1) is 14.2. The number of aryl methyl sites for hydroxylation is 1. The van der Waals surface area contributed by atoms with Crippen LogP contribution >= 0.6 is 23.2 Å². The molecule has 2 aromatic rings. The number of benzene rings is 2. The van der Waals surface area contributed by atoms with Gasteiger partial charge in [-0.1, -0.05) is 53.5 Å². The molecule has 0 aromatic heterocycles. The van der Waals surface area contributed by atoms with E-state index in [1.54, 1.807) is 6.07 Å². The highest BCUT2D eigenvalue weighted by Crippen LogP contribution is 2.26.